The van der Waals surface area contributed by atoms with Crippen LogP contribution in [0, 0.1) is 0 Å². The Hall–Kier alpha value is -1.43. The molecule has 2 aromatic rings. The third kappa shape index (κ3) is 4.03. The average Bonchev–Trinajstić information content (AvgIpc) is 2.97. The van der Waals surface area contributed by atoms with Crippen molar-refractivity contribution in [2.45, 2.75) is 12.6 Å². The van der Waals surface area contributed by atoms with E-state index in [4.69, 9.17) is 4.74 Å². The van der Waals surface area contributed by atoms with Gasteiger partial charge in [0.1, 0.15) is 0 Å². The summed E-state index contributed by atoms with van der Waals surface area (Å²) in [6.45, 7) is 1.73. The van der Waals surface area contributed by atoms with Crippen molar-refractivity contribution in [1.29, 1.82) is 0 Å². The Kier molecular flexibility index (Phi) is 5.52. The van der Waals surface area contributed by atoms with Crippen LogP contribution < -0.4 is 10.1 Å². The molecule has 0 bridgehead atoms. The Morgan fingerprint density at radius 3 is 2.75 bits per heavy atom. The lowest BCUT2D eigenvalue weighted by atomic mass is 10.2. The Balaban J connectivity index is 1.87. The van der Waals surface area contributed by atoms with Gasteiger partial charge in [0.25, 0.3) is 0 Å². The fraction of sp³-hybridized carbons (Fsp3) is 0.400. The zero-order valence-electron chi connectivity index (χ0n) is 12.2. The highest BCUT2D eigenvalue weighted by Crippen LogP contribution is 2.22. The van der Waals surface area contributed by atoms with E-state index in [-0.39, 0.29) is 0 Å². The lowest BCUT2D eigenvalue weighted by molar-refractivity contribution is 0.292. The molecule has 1 N–H and O–H groups in total. The van der Waals surface area contributed by atoms with E-state index in [0.717, 1.165) is 18.7 Å². The molecule has 0 saturated heterocycles. The highest BCUT2D eigenvalue weighted by molar-refractivity contribution is 7.10. The van der Waals surface area contributed by atoms with Gasteiger partial charge >= 0.3 is 0 Å². The molecule has 20 heavy (non-hydrogen) atoms. The molecule has 0 amide bonds. The van der Waals surface area contributed by atoms with Crippen LogP contribution in [-0.4, -0.2) is 37.6 Å². The Labute approximate surface area is 124 Å². The number of ether oxygens (including phenoxy) is 1. The van der Waals surface area contributed by atoms with Gasteiger partial charge in [-0.05, 0) is 31.1 Å². The van der Waals surface area contributed by atoms with E-state index in [1.807, 2.05) is 18.3 Å². The minimum absolute atomic E-state index is 0.404. The van der Waals surface area contributed by atoms with Crippen molar-refractivity contribution in [3.8, 4) is 5.88 Å². The smallest absolute Gasteiger partial charge is 0.212 e. The van der Waals surface area contributed by atoms with E-state index in [1.165, 1.54) is 4.88 Å². The summed E-state index contributed by atoms with van der Waals surface area (Å²) < 4.78 is 5.06. The van der Waals surface area contributed by atoms with Gasteiger partial charge in [0.15, 0.2) is 0 Å². The van der Waals surface area contributed by atoms with Crippen LogP contribution in [-0.2, 0) is 6.54 Å². The molecule has 0 aromatic carbocycles. The number of likely N-dealkylation sites (N-methyl/N-ethyl adjacent to an activating group) is 1. The maximum absolute atomic E-state index is 5.06. The maximum atomic E-state index is 5.06. The minimum atomic E-state index is 0.404. The molecule has 2 aromatic heterocycles. The highest BCUT2D eigenvalue weighted by atomic mass is 32.1. The second-order valence-corrected chi connectivity index (χ2v) is 5.81. The van der Waals surface area contributed by atoms with Crippen LogP contribution in [0.5, 0.6) is 5.88 Å². The molecule has 0 radical (unpaired) electrons. The zero-order chi connectivity index (χ0) is 14.4. The van der Waals surface area contributed by atoms with Crippen LogP contribution in [0.3, 0.4) is 0 Å². The molecule has 5 heteroatoms. The lowest BCUT2D eigenvalue weighted by Gasteiger charge is -2.23. The molecule has 1 unspecified atom stereocenters. The standard InChI is InChI=1S/C15H21N3OS/c1-18(2)13(14-5-4-8-20-14)11-16-9-12-6-7-15(19-3)17-10-12/h4-8,10,13,16H,9,11H2,1-3H3. The van der Waals surface area contributed by atoms with Crippen LogP contribution in [0.1, 0.15) is 16.5 Å². The van der Waals surface area contributed by atoms with Gasteiger partial charge in [-0.15, -0.1) is 11.3 Å². The van der Waals surface area contributed by atoms with Crippen molar-refractivity contribution >= 4 is 11.3 Å². The number of nitrogens with zero attached hydrogens (tertiary/aromatic N) is 2. The third-order valence-corrected chi connectivity index (χ3v) is 4.14. The molecule has 0 aliphatic carbocycles. The second-order valence-electron chi connectivity index (χ2n) is 4.83. The van der Waals surface area contributed by atoms with E-state index >= 15 is 0 Å². The first-order valence-corrected chi connectivity index (χ1v) is 7.48. The fourth-order valence-corrected chi connectivity index (χ4v) is 2.93. The van der Waals surface area contributed by atoms with Gasteiger partial charge in [0.05, 0.1) is 13.2 Å². The van der Waals surface area contributed by atoms with E-state index in [0.29, 0.717) is 11.9 Å². The summed E-state index contributed by atoms with van der Waals surface area (Å²) in [5.41, 5.74) is 1.16. The van der Waals surface area contributed by atoms with Gasteiger partial charge in [-0.2, -0.15) is 0 Å². The summed E-state index contributed by atoms with van der Waals surface area (Å²) in [7, 11) is 5.85. The predicted octanol–water partition coefficient (Wildman–Crippen LogP) is 2.54. The van der Waals surface area contributed by atoms with Crippen LogP contribution >= 0.6 is 11.3 Å². The predicted molar refractivity (Wildman–Crippen MR) is 83.2 cm³/mol. The molecule has 2 heterocycles. The Morgan fingerprint density at radius 1 is 1.35 bits per heavy atom. The van der Waals surface area contributed by atoms with Crippen molar-refractivity contribution in [1.82, 2.24) is 15.2 Å². The largest absolute Gasteiger partial charge is 0.481 e. The molecule has 0 aliphatic heterocycles. The topological polar surface area (TPSA) is 37.4 Å². The van der Waals surface area contributed by atoms with Crippen molar-refractivity contribution in [2.24, 2.45) is 0 Å². The lowest BCUT2D eigenvalue weighted by Crippen LogP contribution is -2.30. The summed E-state index contributed by atoms with van der Waals surface area (Å²) in [5, 5.41) is 5.62. The summed E-state index contributed by atoms with van der Waals surface area (Å²) in [6, 6.07) is 8.62. The van der Waals surface area contributed by atoms with E-state index in [2.05, 4.69) is 46.8 Å². The van der Waals surface area contributed by atoms with E-state index < -0.39 is 0 Å². The minimum Gasteiger partial charge on any atom is -0.481 e. The van der Waals surface area contributed by atoms with Crippen LogP contribution in [0.4, 0.5) is 0 Å². The van der Waals surface area contributed by atoms with Crippen LogP contribution in [0.15, 0.2) is 35.8 Å². The first kappa shape index (κ1) is 15.0. The summed E-state index contributed by atoms with van der Waals surface area (Å²) >= 11 is 1.80. The highest BCUT2D eigenvalue weighted by Gasteiger charge is 2.14. The van der Waals surface area contributed by atoms with Gasteiger partial charge in [-0.1, -0.05) is 12.1 Å². The Bertz CT molecular complexity index is 496. The SMILES string of the molecule is COc1ccc(CNCC(c2cccs2)N(C)C)cn1. The molecule has 0 aliphatic rings. The summed E-state index contributed by atoms with van der Waals surface area (Å²) in [4.78, 5) is 7.84. The first-order chi connectivity index (χ1) is 9.70. The fourth-order valence-electron chi connectivity index (χ4n) is 2.01. The summed E-state index contributed by atoms with van der Waals surface area (Å²) in [5.74, 6) is 0.651. The van der Waals surface area contributed by atoms with Crippen molar-refractivity contribution in [3.63, 3.8) is 0 Å². The van der Waals surface area contributed by atoms with E-state index in [1.54, 1.807) is 18.4 Å². The van der Waals surface area contributed by atoms with Crippen LogP contribution in [0.2, 0.25) is 0 Å². The van der Waals surface area contributed by atoms with Gasteiger partial charge in [-0.25, -0.2) is 4.98 Å². The molecule has 1 atom stereocenters. The Morgan fingerprint density at radius 2 is 2.20 bits per heavy atom. The van der Waals surface area contributed by atoms with Crippen molar-refractivity contribution < 1.29 is 4.74 Å². The zero-order valence-corrected chi connectivity index (χ0v) is 13.0. The molecule has 0 fully saturated rings. The van der Waals surface area contributed by atoms with Crippen molar-refractivity contribution in [3.05, 3.63) is 46.3 Å². The third-order valence-electron chi connectivity index (χ3n) is 3.17. The first-order valence-electron chi connectivity index (χ1n) is 6.60. The molecule has 108 valence electrons. The monoisotopic (exact) mass is 291 g/mol. The van der Waals surface area contributed by atoms with Gasteiger partial charge in [0.2, 0.25) is 5.88 Å². The second kappa shape index (κ2) is 7.38. The molecular weight excluding hydrogens is 270 g/mol. The van der Waals surface area contributed by atoms with Crippen molar-refractivity contribution in [2.75, 3.05) is 27.7 Å². The number of hydrogen-bond acceptors (Lipinski definition) is 5. The number of hydrogen-bond donors (Lipinski definition) is 1. The number of aromatic nitrogens is 1. The van der Waals surface area contributed by atoms with Gasteiger partial charge < -0.3 is 15.0 Å². The molecule has 0 spiro atoms. The molecule has 2 rings (SSSR count). The maximum Gasteiger partial charge on any atom is 0.212 e. The number of rotatable bonds is 7. The molecule has 4 nitrogen and oxygen atoms in total. The number of thiophene rings is 1. The number of methoxy groups -OCH3 is 1. The molecule has 0 saturated carbocycles. The van der Waals surface area contributed by atoms with E-state index in [9.17, 15) is 0 Å². The van der Waals surface area contributed by atoms with Gasteiger partial charge in [0, 0.05) is 30.2 Å². The molecular formula is C15H21N3OS. The number of pyridine rings is 1. The summed E-state index contributed by atoms with van der Waals surface area (Å²) in [6.07, 6.45) is 1.85. The average molecular weight is 291 g/mol. The quantitative estimate of drug-likeness (QED) is 0.850. The normalized spacial score (nSPS) is 12.6. The van der Waals surface area contributed by atoms with Crippen LogP contribution in [0.25, 0.3) is 0 Å². The number of nitrogens with one attached hydrogen (secondary N) is 1. The van der Waals surface area contributed by atoms with Gasteiger partial charge in [-0.3, -0.25) is 0 Å².